The number of hydrogen-bond acceptors (Lipinski definition) is 4. The van der Waals surface area contributed by atoms with Crippen molar-refractivity contribution in [1.82, 2.24) is 9.80 Å². The van der Waals surface area contributed by atoms with E-state index in [0.29, 0.717) is 98.7 Å². The highest BCUT2D eigenvalue weighted by Crippen LogP contribution is 2.25. The van der Waals surface area contributed by atoms with E-state index < -0.39 is 0 Å². The quantitative estimate of drug-likeness (QED) is 0.276. The number of piperidine rings is 2. The number of Topliss-reactive ketones (excluding diaryl/α,β-unsaturated/α-hetero) is 2. The van der Waals surface area contributed by atoms with Crippen LogP contribution in [0, 0.1) is 11.8 Å². The maximum Gasteiger partial charge on any atom is 0.222 e. The number of nitrogens with zero attached hydrogens (tertiary/aromatic N) is 2. The number of likely N-dealkylation sites (tertiary alicyclic amines) is 2. The molecule has 2 aromatic rings. The van der Waals surface area contributed by atoms with Gasteiger partial charge in [0.2, 0.25) is 11.8 Å². The summed E-state index contributed by atoms with van der Waals surface area (Å²) < 4.78 is 0. The van der Waals surface area contributed by atoms with Crippen LogP contribution in [0.25, 0.3) is 0 Å². The van der Waals surface area contributed by atoms with Gasteiger partial charge in [-0.3, -0.25) is 19.2 Å². The van der Waals surface area contributed by atoms with Crippen molar-refractivity contribution in [2.24, 2.45) is 11.8 Å². The van der Waals surface area contributed by atoms with Gasteiger partial charge >= 0.3 is 0 Å². The third kappa shape index (κ3) is 7.45. The number of halogens is 2. The second kappa shape index (κ2) is 13.4. The van der Waals surface area contributed by atoms with Crippen molar-refractivity contribution in [3.63, 3.8) is 0 Å². The van der Waals surface area contributed by atoms with Crippen molar-refractivity contribution < 1.29 is 19.2 Å². The molecule has 4 rings (SSSR count). The summed E-state index contributed by atoms with van der Waals surface area (Å²) in [6, 6.07) is 13.9. The van der Waals surface area contributed by atoms with Crippen LogP contribution in [0.3, 0.4) is 0 Å². The van der Waals surface area contributed by atoms with E-state index in [2.05, 4.69) is 0 Å². The average molecular weight is 558 g/mol. The first-order valence-corrected chi connectivity index (χ1v) is 14.2. The molecule has 8 heteroatoms. The van der Waals surface area contributed by atoms with Gasteiger partial charge in [0.1, 0.15) is 0 Å². The Morgan fingerprint density at radius 3 is 1.21 bits per heavy atom. The zero-order chi connectivity index (χ0) is 27.1. The monoisotopic (exact) mass is 556 g/mol. The van der Waals surface area contributed by atoms with Crippen molar-refractivity contribution in [1.29, 1.82) is 0 Å². The molecule has 0 spiro atoms. The number of amides is 2. The summed E-state index contributed by atoms with van der Waals surface area (Å²) in [5.74, 6) is 0.288. The predicted octanol–water partition coefficient (Wildman–Crippen LogP) is 6.10. The number of carbonyl (C=O) groups is 4. The lowest BCUT2D eigenvalue weighted by Crippen LogP contribution is -2.40. The van der Waals surface area contributed by atoms with Gasteiger partial charge in [0.25, 0.3) is 0 Å². The molecular weight excluding hydrogens is 523 g/mol. The summed E-state index contributed by atoms with van der Waals surface area (Å²) in [7, 11) is 0. The Balaban J connectivity index is 1.11. The molecule has 2 amide bonds. The van der Waals surface area contributed by atoms with Crippen molar-refractivity contribution >= 4 is 46.6 Å². The van der Waals surface area contributed by atoms with Gasteiger partial charge in [0.15, 0.2) is 11.6 Å². The Labute approximate surface area is 234 Å². The van der Waals surface area contributed by atoms with Gasteiger partial charge in [-0.25, -0.2) is 0 Å². The molecule has 2 saturated heterocycles. The molecule has 0 saturated carbocycles. The summed E-state index contributed by atoms with van der Waals surface area (Å²) in [6.07, 6.45) is 4.84. The van der Waals surface area contributed by atoms with Crippen LogP contribution in [0.5, 0.6) is 0 Å². The molecule has 2 heterocycles. The summed E-state index contributed by atoms with van der Waals surface area (Å²) >= 11 is 11.8. The molecule has 0 radical (unpaired) electrons. The molecule has 0 unspecified atom stereocenters. The van der Waals surface area contributed by atoms with Crippen LogP contribution in [0.4, 0.5) is 0 Å². The van der Waals surface area contributed by atoms with E-state index >= 15 is 0 Å². The number of hydrogen-bond donors (Lipinski definition) is 0. The first-order chi connectivity index (χ1) is 18.3. The molecule has 0 aromatic heterocycles. The predicted molar refractivity (Wildman–Crippen MR) is 149 cm³/mol. The normalized spacial score (nSPS) is 16.9. The smallest absolute Gasteiger partial charge is 0.222 e. The lowest BCUT2D eigenvalue weighted by Gasteiger charge is -2.32. The molecule has 2 fully saturated rings. The fourth-order valence-electron chi connectivity index (χ4n) is 5.35. The first kappa shape index (κ1) is 28.3. The van der Waals surface area contributed by atoms with E-state index in [1.807, 2.05) is 9.80 Å². The highest BCUT2D eigenvalue weighted by Gasteiger charge is 2.29. The Morgan fingerprint density at radius 2 is 0.895 bits per heavy atom. The van der Waals surface area contributed by atoms with Gasteiger partial charge in [0.05, 0.1) is 0 Å². The van der Waals surface area contributed by atoms with Crippen LogP contribution in [0.2, 0.25) is 10.0 Å². The minimum Gasteiger partial charge on any atom is -0.343 e. The van der Waals surface area contributed by atoms with Gasteiger partial charge in [-0.2, -0.15) is 0 Å². The molecule has 0 N–H and O–H groups in total. The highest BCUT2D eigenvalue weighted by molar-refractivity contribution is 6.31. The maximum atomic E-state index is 12.7. The van der Waals surface area contributed by atoms with E-state index in [9.17, 15) is 19.2 Å². The van der Waals surface area contributed by atoms with E-state index in [1.165, 1.54) is 0 Å². The average Bonchev–Trinajstić information content (AvgIpc) is 2.95. The summed E-state index contributed by atoms with van der Waals surface area (Å²) in [5, 5.41) is 1.21. The number of carbonyl (C=O) groups excluding carboxylic acids is 4. The molecule has 2 aliphatic rings. The summed E-state index contributed by atoms with van der Waals surface area (Å²) in [4.78, 5) is 54.4. The third-order valence-corrected chi connectivity index (χ3v) is 8.23. The van der Waals surface area contributed by atoms with E-state index in [0.717, 1.165) is 0 Å². The molecule has 6 nitrogen and oxygen atoms in total. The van der Waals surface area contributed by atoms with Gasteiger partial charge in [-0.05, 0) is 87.1 Å². The van der Waals surface area contributed by atoms with Gasteiger partial charge in [0, 0.05) is 72.0 Å². The Bertz CT molecular complexity index is 1040. The minimum absolute atomic E-state index is 0.0662. The molecular formula is C30H34Cl2N2O4. The number of benzene rings is 2. The molecule has 0 aliphatic carbocycles. The van der Waals surface area contributed by atoms with Gasteiger partial charge in [-0.1, -0.05) is 23.2 Å². The van der Waals surface area contributed by atoms with Crippen LogP contribution < -0.4 is 0 Å². The van der Waals surface area contributed by atoms with E-state index in [1.54, 1.807) is 48.5 Å². The minimum atomic E-state index is -0.0662. The number of unbranched alkanes of at least 4 members (excludes halogenated alkanes) is 1. The molecule has 2 aliphatic heterocycles. The fraction of sp³-hybridized carbons (Fsp3) is 0.467. The summed E-state index contributed by atoms with van der Waals surface area (Å²) in [5.41, 5.74) is 1.34. The molecule has 2 aromatic carbocycles. The van der Waals surface area contributed by atoms with Crippen LogP contribution in [-0.2, 0) is 9.59 Å². The lowest BCUT2D eigenvalue weighted by molar-refractivity contribution is -0.134. The Morgan fingerprint density at radius 1 is 0.579 bits per heavy atom. The SMILES string of the molecule is O=C(c1ccc(Cl)cc1)C1CCN(C(=O)CCCCC(=O)N2CCC(C(=O)c3ccc(Cl)cc3)CC2)CC1. The zero-order valence-electron chi connectivity index (χ0n) is 21.5. The second-order valence-corrected chi connectivity index (χ2v) is 11.1. The Hall–Kier alpha value is -2.70. The Kier molecular flexibility index (Phi) is 9.97. The summed E-state index contributed by atoms with van der Waals surface area (Å²) in [6.45, 7) is 2.35. The zero-order valence-corrected chi connectivity index (χ0v) is 23.1. The van der Waals surface area contributed by atoms with Crippen LogP contribution >= 0.6 is 23.2 Å². The maximum absolute atomic E-state index is 12.7. The van der Waals surface area contributed by atoms with Gasteiger partial charge < -0.3 is 9.80 Å². The topological polar surface area (TPSA) is 74.8 Å². The number of ketones is 2. The number of rotatable bonds is 9. The van der Waals surface area contributed by atoms with E-state index in [-0.39, 0.29) is 35.2 Å². The molecule has 0 atom stereocenters. The first-order valence-electron chi connectivity index (χ1n) is 13.5. The second-order valence-electron chi connectivity index (χ2n) is 10.3. The van der Waals surface area contributed by atoms with Crippen molar-refractivity contribution in [3.05, 3.63) is 69.7 Å². The van der Waals surface area contributed by atoms with Crippen LogP contribution in [-0.4, -0.2) is 59.4 Å². The van der Waals surface area contributed by atoms with E-state index in [4.69, 9.17) is 23.2 Å². The van der Waals surface area contributed by atoms with Crippen LogP contribution in [0.15, 0.2) is 48.5 Å². The van der Waals surface area contributed by atoms with Gasteiger partial charge in [-0.15, -0.1) is 0 Å². The fourth-order valence-corrected chi connectivity index (χ4v) is 5.60. The third-order valence-electron chi connectivity index (χ3n) is 7.73. The van der Waals surface area contributed by atoms with Crippen LogP contribution in [0.1, 0.15) is 72.1 Å². The largest absolute Gasteiger partial charge is 0.343 e. The molecule has 0 bridgehead atoms. The molecule has 202 valence electrons. The van der Waals surface area contributed by atoms with Crippen molar-refractivity contribution in [2.75, 3.05) is 26.2 Å². The molecule has 38 heavy (non-hydrogen) atoms. The van der Waals surface area contributed by atoms with Crippen molar-refractivity contribution in [2.45, 2.75) is 51.4 Å². The van der Waals surface area contributed by atoms with Crippen molar-refractivity contribution in [3.8, 4) is 0 Å². The standard InChI is InChI=1S/C30H34Cl2N2O4/c31-25-9-5-21(6-10-25)29(37)23-13-17-33(18-14-23)27(35)3-1-2-4-28(36)34-19-15-24(16-20-34)30(38)22-7-11-26(32)12-8-22/h5-12,23-24H,1-4,13-20H2. The highest BCUT2D eigenvalue weighted by atomic mass is 35.5. The lowest BCUT2D eigenvalue weighted by atomic mass is 9.88.